The minimum atomic E-state index is -0.680. The van der Waals surface area contributed by atoms with Gasteiger partial charge in [0.1, 0.15) is 0 Å². The number of benzene rings is 1. The quantitative estimate of drug-likeness (QED) is 0.518. The number of unbranched alkanes of at least 4 members (excludes halogenated alkanes) is 2. The second-order valence-electron chi connectivity index (χ2n) is 6.01. The van der Waals surface area contributed by atoms with Crippen molar-refractivity contribution < 1.29 is 9.90 Å². The first-order chi connectivity index (χ1) is 10.6. The molecule has 0 aliphatic rings. The Hall–Kier alpha value is -0.960. The van der Waals surface area contributed by atoms with Crippen molar-refractivity contribution >= 4 is 17.7 Å². The van der Waals surface area contributed by atoms with Gasteiger partial charge in [0.05, 0.1) is 6.42 Å². The largest absolute Gasteiger partial charge is 0.481 e. The van der Waals surface area contributed by atoms with Crippen LogP contribution in [0.15, 0.2) is 24.3 Å². The topological polar surface area (TPSA) is 37.3 Å². The number of aliphatic carboxylic acids is 1. The molecule has 1 aromatic rings. The fourth-order valence-electron chi connectivity index (χ4n) is 2.51. The van der Waals surface area contributed by atoms with Crippen LogP contribution in [-0.4, -0.2) is 22.1 Å². The number of rotatable bonds is 12. The Bertz CT molecular complexity index is 414. The maximum absolute atomic E-state index is 10.6. The van der Waals surface area contributed by atoms with Gasteiger partial charge in [0.25, 0.3) is 0 Å². The Kier molecular flexibility index (Phi) is 10.1. The zero-order valence-electron chi connectivity index (χ0n) is 14.0. The highest BCUT2D eigenvalue weighted by atomic mass is 32.2. The third-order valence-electron chi connectivity index (χ3n) is 3.91. The lowest BCUT2D eigenvalue weighted by Gasteiger charge is -2.15. The number of carboxylic acid groups (broad SMARTS) is 1. The first-order valence-corrected chi connectivity index (χ1v) is 9.55. The summed E-state index contributed by atoms with van der Waals surface area (Å²) in [6.07, 6.45) is 8.83. The van der Waals surface area contributed by atoms with Gasteiger partial charge in [0.15, 0.2) is 0 Å². The van der Waals surface area contributed by atoms with Crippen molar-refractivity contribution in [2.24, 2.45) is 0 Å². The number of hydrogen-bond donors (Lipinski definition) is 1. The molecule has 0 heterocycles. The molecule has 0 aliphatic heterocycles. The summed E-state index contributed by atoms with van der Waals surface area (Å²) in [5.41, 5.74) is 2.74. The van der Waals surface area contributed by atoms with Crippen LogP contribution < -0.4 is 0 Å². The zero-order chi connectivity index (χ0) is 16.2. The van der Waals surface area contributed by atoms with Gasteiger partial charge in [0, 0.05) is 11.0 Å². The maximum Gasteiger partial charge on any atom is 0.304 e. The molecule has 1 atom stereocenters. The van der Waals surface area contributed by atoms with E-state index >= 15 is 0 Å². The summed E-state index contributed by atoms with van der Waals surface area (Å²) >= 11 is 1.86. The molecule has 0 aliphatic carbocycles. The molecule has 22 heavy (non-hydrogen) atoms. The molecule has 0 saturated heterocycles. The summed E-state index contributed by atoms with van der Waals surface area (Å²) in [5, 5.41) is 9.39. The highest BCUT2D eigenvalue weighted by Crippen LogP contribution is 2.24. The van der Waals surface area contributed by atoms with E-state index in [1.807, 2.05) is 11.8 Å². The van der Waals surface area contributed by atoms with Gasteiger partial charge >= 0.3 is 5.97 Å². The molecule has 3 heteroatoms. The lowest BCUT2D eigenvalue weighted by molar-refractivity contribution is -0.136. The van der Waals surface area contributed by atoms with Crippen molar-refractivity contribution in [2.75, 3.05) is 5.75 Å². The van der Waals surface area contributed by atoms with Crippen LogP contribution in [-0.2, 0) is 11.2 Å². The van der Waals surface area contributed by atoms with E-state index in [0.29, 0.717) is 5.25 Å². The van der Waals surface area contributed by atoms with Gasteiger partial charge in [-0.05, 0) is 38.2 Å². The number of hydrogen-bond acceptors (Lipinski definition) is 2. The van der Waals surface area contributed by atoms with E-state index in [-0.39, 0.29) is 6.42 Å². The van der Waals surface area contributed by atoms with Crippen molar-refractivity contribution in [3.63, 3.8) is 0 Å². The van der Waals surface area contributed by atoms with Crippen LogP contribution in [0.5, 0.6) is 0 Å². The molecule has 0 fully saturated rings. The average molecular weight is 323 g/mol. The Balaban J connectivity index is 2.23. The number of carbonyl (C=O) groups is 1. The fourth-order valence-corrected chi connectivity index (χ4v) is 3.80. The number of thioether (sulfide) groups is 1. The summed E-state index contributed by atoms with van der Waals surface area (Å²) in [6, 6.07) is 8.82. The van der Waals surface area contributed by atoms with Crippen molar-refractivity contribution in [1.29, 1.82) is 0 Å². The van der Waals surface area contributed by atoms with Gasteiger partial charge in [-0.3, -0.25) is 4.79 Å². The van der Waals surface area contributed by atoms with E-state index in [2.05, 4.69) is 38.1 Å². The smallest absolute Gasteiger partial charge is 0.304 e. The number of aryl methyl sites for hydroxylation is 2. The van der Waals surface area contributed by atoms with Gasteiger partial charge in [-0.15, -0.1) is 0 Å². The van der Waals surface area contributed by atoms with Crippen LogP contribution in [0.4, 0.5) is 0 Å². The molecule has 1 N–H and O–H groups in total. The summed E-state index contributed by atoms with van der Waals surface area (Å²) in [7, 11) is 0. The lowest BCUT2D eigenvalue weighted by atomic mass is 10.0. The van der Waals surface area contributed by atoms with E-state index in [0.717, 1.165) is 12.2 Å². The first kappa shape index (κ1) is 19.1. The third-order valence-corrected chi connectivity index (χ3v) is 5.29. The summed E-state index contributed by atoms with van der Waals surface area (Å²) in [6.45, 7) is 4.34. The van der Waals surface area contributed by atoms with Crippen molar-refractivity contribution in [3.05, 3.63) is 35.4 Å². The molecule has 1 aromatic carbocycles. The minimum Gasteiger partial charge on any atom is -0.481 e. The molecule has 124 valence electrons. The zero-order valence-corrected chi connectivity index (χ0v) is 14.8. The van der Waals surface area contributed by atoms with Crippen molar-refractivity contribution in [2.45, 2.75) is 70.5 Å². The van der Waals surface area contributed by atoms with Crippen LogP contribution >= 0.6 is 11.8 Å². The van der Waals surface area contributed by atoms with Gasteiger partial charge < -0.3 is 5.11 Å². The van der Waals surface area contributed by atoms with Crippen molar-refractivity contribution in [1.82, 2.24) is 0 Å². The Labute approximate surface area is 139 Å². The minimum absolute atomic E-state index is 0.288. The predicted molar refractivity (Wildman–Crippen MR) is 96.8 cm³/mol. The SMILES string of the molecule is CCCCC(CCCCc1ccc(C)cc1)SCCC(=O)O. The second kappa shape index (κ2) is 11.6. The van der Waals surface area contributed by atoms with E-state index in [1.54, 1.807) is 0 Å². The second-order valence-corrected chi connectivity index (χ2v) is 7.42. The van der Waals surface area contributed by atoms with Gasteiger partial charge in [-0.2, -0.15) is 11.8 Å². The molecule has 1 rings (SSSR count). The highest BCUT2D eigenvalue weighted by Gasteiger charge is 2.10. The van der Waals surface area contributed by atoms with Crippen LogP contribution in [0, 0.1) is 6.92 Å². The molecule has 0 radical (unpaired) electrons. The van der Waals surface area contributed by atoms with Crippen LogP contribution in [0.2, 0.25) is 0 Å². The average Bonchev–Trinajstić information content (AvgIpc) is 2.49. The maximum atomic E-state index is 10.6. The Morgan fingerprint density at radius 2 is 1.82 bits per heavy atom. The molecule has 1 unspecified atom stereocenters. The van der Waals surface area contributed by atoms with Crippen LogP contribution in [0.25, 0.3) is 0 Å². The molecule has 0 aromatic heterocycles. The van der Waals surface area contributed by atoms with E-state index in [9.17, 15) is 4.79 Å². The Morgan fingerprint density at radius 3 is 2.45 bits per heavy atom. The molecular formula is C19H30O2S. The van der Waals surface area contributed by atoms with E-state index < -0.39 is 5.97 Å². The highest BCUT2D eigenvalue weighted by molar-refractivity contribution is 7.99. The monoisotopic (exact) mass is 322 g/mol. The van der Waals surface area contributed by atoms with Gasteiger partial charge in [-0.25, -0.2) is 0 Å². The first-order valence-electron chi connectivity index (χ1n) is 8.50. The lowest BCUT2D eigenvalue weighted by Crippen LogP contribution is -2.06. The van der Waals surface area contributed by atoms with Gasteiger partial charge in [-0.1, -0.05) is 56.0 Å². The molecule has 0 spiro atoms. The van der Waals surface area contributed by atoms with E-state index in [1.165, 1.54) is 49.7 Å². The van der Waals surface area contributed by atoms with Crippen molar-refractivity contribution in [3.8, 4) is 0 Å². The van der Waals surface area contributed by atoms with Crippen LogP contribution in [0.3, 0.4) is 0 Å². The predicted octanol–water partition coefficient (Wildman–Crippen LogP) is 5.47. The fraction of sp³-hybridized carbons (Fsp3) is 0.632. The summed E-state index contributed by atoms with van der Waals surface area (Å²) < 4.78 is 0. The summed E-state index contributed by atoms with van der Waals surface area (Å²) in [4.78, 5) is 10.6. The summed E-state index contributed by atoms with van der Waals surface area (Å²) in [5.74, 6) is 0.0721. The normalized spacial score (nSPS) is 12.3. The molecule has 0 saturated carbocycles. The standard InChI is InChI=1S/C19H30O2S/c1-3-4-8-18(22-15-14-19(20)21)9-6-5-7-17-12-10-16(2)11-13-17/h10-13,18H,3-9,14-15H2,1-2H3,(H,20,21). The molecule has 0 amide bonds. The molecular weight excluding hydrogens is 292 g/mol. The third kappa shape index (κ3) is 9.14. The van der Waals surface area contributed by atoms with Crippen LogP contribution in [0.1, 0.15) is 63.0 Å². The van der Waals surface area contributed by atoms with Gasteiger partial charge in [0.2, 0.25) is 0 Å². The Morgan fingerprint density at radius 1 is 1.14 bits per heavy atom. The molecule has 2 nitrogen and oxygen atoms in total. The molecule has 0 bridgehead atoms. The van der Waals surface area contributed by atoms with E-state index in [4.69, 9.17) is 5.11 Å². The number of carboxylic acids is 1.